The van der Waals surface area contributed by atoms with E-state index in [1.54, 1.807) is 0 Å². The molecule has 0 unspecified atom stereocenters. The average molecular weight is 239 g/mol. The van der Waals surface area contributed by atoms with Gasteiger partial charge in [-0.05, 0) is 50.9 Å². The van der Waals surface area contributed by atoms with Crippen LogP contribution in [0, 0.1) is 11.8 Å². The van der Waals surface area contributed by atoms with Crippen molar-refractivity contribution in [1.82, 2.24) is 4.90 Å². The molecule has 2 aliphatic rings. The van der Waals surface area contributed by atoms with E-state index in [-0.39, 0.29) is 0 Å². The maximum atomic E-state index is 12.1. The van der Waals surface area contributed by atoms with Gasteiger partial charge in [0.15, 0.2) is 0 Å². The van der Waals surface area contributed by atoms with Crippen LogP contribution in [0.1, 0.15) is 51.4 Å². The summed E-state index contributed by atoms with van der Waals surface area (Å²) < 4.78 is 0. The molecule has 0 radical (unpaired) electrons. The van der Waals surface area contributed by atoms with Gasteiger partial charge in [-0.3, -0.25) is 4.79 Å². The minimum absolute atomic E-state index is 0.312. The van der Waals surface area contributed by atoms with Crippen LogP contribution in [0.5, 0.6) is 0 Å². The van der Waals surface area contributed by atoms with Gasteiger partial charge in [0, 0.05) is 25.6 Å². The second-order valence-electron chi connectivity index (χ2n) is 5.76. The molecule has 1 N–H and O–H groups in total. The maximum Gasteiger partial charge on any atom is 0.225 e. The lowest BCUT2D eigenvalue weighted by atomic mass is 9.81. The molecule has 0 aromatic heterocycles. The summed E-state index contributed by atoms with van der Waals surface area (Å²) in [5, 5.41) is 8.93. The van der Waals surface area contributed by atoms with Crippen LogP contribution >= 0.6 is 0 Å². The first-order valence-corrected chi connectivity index (χ1v) is 7.10. The highest BCUT2D eigenvalue weighted by atomic mass is 16.3. The second-order valence-corrected chi connectivity index (χ2v) is 5.76. The van der Waals surface area contributed by atoms with E-state index in [0.29, 0.717) is 30.4 Å². The number of hydrogen-bond donors (Lipinski definition) is 1. The van der Waals surface area contributed by atoms with Crippen LogP contribution in [0.15, 0.2) is 0 Å². The molecule has 2 aliphatic carbocycles. The van der Waals surface area contributed by atoms with Crippen molar-refractivity contribution in [1.29, 1.82) is 0 Å². The van der Waals surface area contributed by atoms with E-state index in [2.05, 4.69) is 0 Å². The Kier molecular flexibility index (Phi) is 4.43. The Balaban J connectivity index is 1.77. The molecule has 0 saturated heterocycles. The third-order valence-electron chi connectivity index (χ3n) is 4.70. The van der Waals surface area contributed by atoms with Gasteiger partial charge in [0.1, 0.15) is 0 Å². The van der Waals surface area contributed by atoms with Crippen LogP contribution < -0.4 is 0 Å². The highest BCUT2D eigenvalue weighted by molar-refractivity contribution is 5.79. The molecule has 0 aliphatic heterocycles. The van der Waals surface area contributed by atoms with Gasteiger partial charge in [-0.15, -0.1) is 0 Å². The van der Waals surface area contributed by atoms with E-state index in [0.717, 1.165) is 32.1 Å². The SMILES string of the molecule is CN(C(=O)C1CCC1)C1CCC(CCO)CC1. The van der Waals surface area contributed by atoms with E-state index in [4.69, 9.17) is 5.11 Å². The zero-order valence-corrected chi connectivity index (χ0v) is 10.9. The van der Waals surface area contributed by atoms with Gasteiger partial charge in [0.05, 0.1) is 0 Å². The Hall–Kier alpha value is -0.570. The van der Waals surface area contributed by atoms with Crippen molar-refractivity contribution in [3.8, 4) is 0 Å². The molecule has 3 nitrogen and oxygen atoms in total. The first kappa shape index (κ1) is 12.9. The summed E-state index contributed by atoms with van der Waals surface area (Å²) in [6, 6.07) is 0.457. The first-order chi connectivity index (χ1) is 8.22. The van der Waals surface area contributed by atoms with E-state index >= 15 is 0 Å². The van der Waals surface area contributed by atoms with Crippen molar-refractivity contribution in [2.45, 2.75) is 57.4 Å². The zero-order chi connectivity index (χ0) is 12.3. The van der Waals surface area contributed by atoms with E-state index in [1.165, 1.54) is 19.3 Å². The number of carbonyl (C=O) groups excluding carboxylic acids is 1. The summed E-state index contributed by atoms with van der Waals surface area (Å²) in [6.45, 7) is 0.312. The van der Waals surface area contributed by atoms with Gasteiger partial charge >= 0.3 is 0 Å². The Morgan fingerprint density at radius 1 is 1.18 bits per heavy atom. The van der Waals surface area contributed by atoms with Gasteiger partial charge < -0.3 is 10.0 Å². The zero-order valence-electron chi connectivity index (χ0n) is 10.9. The predicted octanol–water partition coefficient (Wildman–Crippen LogP) is 2.19. The van der Waals surface area contributed by atoms with Crippen LogP contribution in [-0.4, -0.2) is 35.6 Å². The lowest BCUT2D eigenvalue weighted by Gasteiger charge is -2.38. The average Bonchev–Trinajstić information content (AvgIpc) is 2.27. The standard InChI is InChI=1S/C14H25NO2/c1-15(14(17)12-3-2-4-12)13-7-5-11(6-8-13)9-10-16/h11-13,16H,2-10H2,1H3. The molecule has 17 heavy (non-hydrogen) atoms. The van der Waals surface area contributed by atoms with Crippen LogP contribution in [0.25, 0.3) is 0 Å². The van der Waals surface area contributed by atoms with Crippen LogP contribution in [-0.2, 0) is 4.79 Å². The van der Waals surface area contributed by atoms with Crippen molar-refractivity contribution in [3.63, 3.8) is 0 Å². The third kappa shape index (κ3) is 3.01. The molecule has 2 rings (SSSR count). The fraction of sp³-hybridized carbons (Fsp3) is 0.929. The van der Waals surface area contributed by atoms with Crippen LogP contribution in [0.3, 0.4) is 0 Å². The number of hydrogen-bond acceptors (Lipinski definition) is 2. The Labute approximate surface area is 104 Å². The summed E-state index contributed by atoms with van der Waals surface area (Å²) >= 11 is 0. The molecule has 0 heterocycles. The molecule has 2 fully saturated rings. The summed E-state index contributed by atoms with van der Waals surface area (Å²) in [4.78, 5) is 14.1. The maximum absolute atomic E-state index is 12.1. The van der Waals surface area contributed by atoms with E-state index < -0.39 is 0 Å². The number of nitrogens with zero attached hydrogens (tertiary/aromatic N) is 1. The quantitative estimate of drug-likeness (QED) is 0.817. The van der Waals surface area contributed by atoms with Crippen LogP contribution in [0.2, 0.25) is 0 Å². The molecule has 1 amide bonds. The van der Waals surface area contributed by atoms with Crippen molar-refractivity contribution < 1.29 is 9.90 Å². The minimum Gasteiger partial charge on any atom is -0.396 e. The molecule has 98 valence electrons. The fourth-order valence-corrected chi connectivity index (χ4v) is 3.13. The number of rotatable bonds is 4. The Morgan fingerprint density at radius 3 is 2.29 bits per heavy atom. The van der Waals surface area contributed by atoms with E-state index in [1.807, 2.05) is 11.9 Å². The highest BCUT2D eigenvalue weighted by Crippen LogP contribution is 2.32. The summed E-state index contributed by atoms with van der Waals surface area (Å²) in [6.07, 6.45) is 8.97. The van der Waals surface area contributed by atoms with Crippen molar-refractivity contribution in [2.75, 3.05) is 13.7 Å². The van der Waals surface area contributed by atoms with Gasteiger partial charge in [0.2, 0.25) is 5.91 Å². The topological polar surface area (TPSA) is 40.5 Å². The van der Waals surface area contributed by atoms with Crippen LogP contribution in [0.4, 0.5) is 0 Å². The molecule has 0 bridgehead atoms. The van der Waals surface area contributed by atoms with Gasteiger partial charge in [0.25, 0.3) is 0 Å². The number of aliphatic hydroxyl groups is 1. The van der Waals surface area contributed by atoms with Gasteiger partial charge in [-0.1, -0.05) is 6.42 Å². The van der Waals surface area contributed by atoms with Gasteiger partial charge in [-0.25, -0.2) is 0 Å². The fourth-order valence-electron chi connectivity index (χ4n) is 3.13. The van der Waals surface area contributed by atoms with Gasteiger partial charge in [-0.2, -0.15) is 0 Å². The molecule has 3 heteroatoms. The molecular weight excluding hydrogens is 214 g/mol. The Morgan fingerprint density at radius 2 is 1.82 bits per heavy atom. The lowest BCUT2D eigenvalue weighted by molar-refractivity contribution is -0.139. The summed E-state index contributed by atoms with van der Waals surface area (Å²) in [5.41, 5.74) is 0. The normalized spacial score (nSPS) is 29.8. The number of carbonyl (C=O) groups is 1. The molecule has 2 saturated carbocycles. The molecule has 0 atom stereocenters. The first-order valence-electron chi connectivity index (χ1n) is 7.10. The third-order valence-corrected chi connectivity index (χ3v) is 4.70. The molecule has 0 aromatic rings. The highest BCUT2D eigenvalue weighted by Gasteiger charge is 2.32. The summed E-state index contributed by atoms with van der Waals surface area (Å²) in [7, 11) is 1.98. The minimum atomic E-state index is 0.312. The number of aliphatic hydroxyl groups excluding tert-OH is 1. The number of amides is 1. The second kappa shape index (κ2) is 5.85. The lowest BCUT2D eigenvalue weighted by Crippen LogP contribution is -2.44. The smallest absolute Gasteiger partial charge is 0.225 e. The monoisotopic (exact) mass is 239 g/mol. The Bertz CT molecular complexity index is 255. The summed E-state index contributed by atoms with van der Waals surface area (Å²) in [5.74, 6) is 1.39. The molecule has 0 spiro atoms. The van der Waals surface area contributed by atoms with Crippen molar-refractivity contribution in [2.24, 2.45) is 11.8 Å². The van der Waals surface area contributed by atoms with E-state index in [9.17, 15) is 4.79 Å². The van der Waals surface area contributed by atoms with Crippen molar-refractivity contribution >= 4 is 5.91 Å². The molecule has 0 aromatic carbocycles. The predicted molar refractivity (Wildman–Crippen MR) is 67.6 cm³/mol. The largest absolute Gasteiger partial charge is 0.396 e. The van der Waals surface area contributed by atoms with Crippen molar-refractivity contribution in [3.05, 3.63) is 0 Å². The molecular formula is C14H25NO2.